The van der Waals surface area contributed by atoms with Crippen LogP contribution >= 0.6 is 12.4 Å². The van der Waals surface area contributed by atoms with Crippen LogP contribution in [0.4, 0.5) is 4.39 Å². The van der Waals surface area contributed by atoms with Crippen LogP contribution in [0, 0.1) is 5.82 Å². The Morgan fingerprint density at radius 2 is 1.70 bits per heavy atom. The van der Waals surface area contributed by atoms with E-state index in [2.05, 4.69) is 0 Å². The SMILES string of the molecule is COc1ccc(F)cc1.Cl. The quantitative estimate of drug-likeness (QED) is 0.616. The number of benzene rings is 1. The van der Waals surface area contributed by atoms with Gasteiger partial charge in [0.05, 0.1) is 7.11 Å². The molecule has 56 valence electrons. The van der Waals surface area contributed by atoms with Crippen LogP contribution in [0.2, 0.25) is 0 Å². The third kappa shape index (κ3) is 2.23. The molecule has 0 aliphatic rings. The molecule has 3 heteroatoms. The third-order valence-electron chi connectivity index (χ3n) is 1.05. The molecule has 1 aromatic rings. The zero-order chi connectivity index (χ0) is 6.69. The fraction of sp³-hybridized carbons (Fsp3) is 0.143. The second-order valence-corrected chi connectivity index (χ2v) is 1.66. The molecule has 0 amide bonds. The summed E-state index contributed by atoms with van der Waals surface area (Å²) in [6, 6.07) is 5.88. The van der Waals surface area contributed by atoms with Crippen molar-refractivity contribution in [3.63, 3.8) is 0 Å². The van der Waals surface area contributed by atoms with Gasteiger partial charge in [0.25, 0.3) is 0 Å². The smallest absolute Gasteiger partial charge is 0.123 e. The van der Waals surface area contributed by atoms with E-state index in [9.17, 15) is 4.39 Å². The van der Waals surface area contributed by atoms with Gasteiger partial charge < -0.3 is 4.74 Å². The molecular formula is C7H8ClFO. The van der Waals surface area contributed by atoms with E-state index in [0.717, 1.165) is 0 Å². The second-order valence-electron chi connectivity index (χ2n) is 1.66. The van der Waals surface area contributed by atoms with E-state index >= 15 is 0 Å². The van der Waals surface area contributed by atoms with E-state index in [1.54, 1.807) is 19.2 Å². The Balaban J connectivity index is 0.000000810. The van der Waals surface area contributed by atoms with Crippen molar-refractivity contribution in [2.24, 2.45) is 0 Å². The van der Waals surface area contributed by atoms with E-state index in [4.69, 9.17) is 4.74 Å². The van der Waals surface area contributed by atoms with Gasteiger partial charge in [-0.2, -0.15) is 0 Å². The molecule has 0 aliphatic carbocycles. The summed E-state index contributed by atoms with van der Waals surface area (Å²) in [4.78, 5) is 0. The molecule has 0 saturated heterocycles. The van der Waals surface area contributed by atoms with Crippen LogP contribution in [0.3, 0.4) is 0 Å². The summed E-state index contributed by atoms with van der Waals surface area (Å²) in [5.41, 5.74) is 0. The van der Waals surface area contributed by atoms with Gasteiger partial charge in [0.15, 0.2) is 0 Å². The van der Waals surface area contributed by atoms with Crippen LogP contribution in [0.15, 0.2) is 24.3 Å². The molecule has 0 heterocycles. The van der Waals surface area contributed by atoms with Crippen molar-refractivity contribution in [2.45, 2.75) is 0 Å². The number of ether oxygens (including phenoxy) is 1. The van der Waals surface area contributed by atoms with Crippen molar-refractivity contribution in [3.05, 3.63) is 30.1 Å². The van der Waals surface area contributed by atoms with E-state index in [1.807, 2.05) is 0 Å². The first kappa shape index (κ1) is 9.24. The molecule has 1 nitrogen and oxygen atoms in total. The molecule has 0 saturated carbocycles. The van der Waals surface area contributed by atoms with Gasteiger partial charge in [0, 0.05) is 0 Å². The van der Waals surface area contributed by atoms with Crippen molar-refractivity contribution in [3.8, 4) is 5.75 Å². The maximum Gasteiger partial charge on any atom is 0.123 e. The Morgan fingerprint density at radius 3 is 2.10 bits per heavy atom. The van der Waals surface area contributed by atoms with Gasteiger partial charge in [0.1, 0.15) is 11.6 Å². The lowest BCUT2D eigenvalue weighted by atomic mass is 10.3. The van der Waals surface area contributed by atoms with Gasteiger partial charge in [-0.05, 0) is 24.3 Å². The summed E-state index contributed by atoms with van der Waals surface area (Å²) in [5.74, 6) is 0.437. The van der Waals surface area contributed by atoms with Gasteiger partial charge >= 0.3 is 0 Å². The highest BCUT2D eigenvalue weighted by Gasteiger charge is 1.88. The highest BCUT2D eigenvalue weighted by molar-refractivity contribution is 5.85. The van der Waals surface area contributed by atoms with Crippen LogP contribution in [-0.2, 0) is 0 Å². The van der Waals surface area contributed by atoms with Crippen LogP contribution in [0.25, 0.3) is 0 Å². The van der Waals surface area contributed by atoms with Crippen molar-refractivity contribution in [2.75, 3.05) is 7.11 Å². The van der Waals surface area contributed by atoms with Gasteiger partial charge in [-0.25, -0.2) is 4.39 Å². The minimum Gasteiger partial charge on any atom is -0.497 e. The van der Waals surface area contributed by atoms with E-state index in [-0.39, 0.29) is 18.2 Å². The van der Waals surface area contributed by atoms with Crippen molar-refractivity contribution in [1.29, 1.82) is 0 Å². The van der Waals surface area contributed by atoms with Gasteiger partial charge in [0.2, 0.25) is 0 Å². The zero-order valence-corrected chi connectivity index (χ0v) is 6.32. The molecule has 1 rings (SSSR count). The molecular weight excluding hydrogens is 155 g/mol. The zero-order valence-electron chi connectivity index (χ0n) is 5.50. The van der Waals surface area contributed by atoms with E-state index < -0.39 is 0 Å². The summed E-state index contributed by atoms with van der Waals surface area (Å²) in [6.45, 7) is 0. The number of methoxy groups -OCH3 is 1. The Morgan fingerprint density at radius 1 is 1.20 bits per heavy atom. The number of rotatable bonds is 1. The predicted molar refractivity (Wildman–Crippen MR) is 40.2 cm³/mol. The van der Waals surface area contributed by atoms with E-state index in [0.29, 0.717) is 5.75 Å². The molecule has 10 heavy (non-hydrogen) atoms. The minimum atomic E-state index is -0.240. The van der Waals surface area contributed by atoms with Gasteiger partial charge in [-0.15, -0.1) is 12.4 Å². The maximum atomic E-state index is 12.2. The normalized spacial score (nSPS) is 8.20. The average molecular weight is 163 g/mol. The first-order chi connectivity index (χ1) is 4.33. The summed E-state index contributed by atoms with van der Waals surface area (Å²) >= 11 is 0. The Hall–Kier alpha value is -0.760. The van der Waals surface area contributed by atoms with Crippen molar-refractivity contribution >= 4 is 12.4 Å². The Bertz CT molecular complexity index is 185. The van der Waals surface area contributed by atoms with Gasteiger partial charge in [-0.3, -0.25) is 0 Å². The predicted octanol–water partition coefficient (Wildman–Crippen LogP) is 2.26. The summed E-state index contributed by atoms with van der Waals surface area (Å²) in [5, 5.41) is 0. The van der Waals surface area contributed by atoms with Crippen LogP contribution in [0.1, 0.15) is 0 Å². The Labute approximate surface area is 65.2 Å². The lowest BCUT2D eigenvalue weighted by Crippen LogP contribution is -1.80. The third-order valence-corrected chi connectivity index (χ3v) is 1.05. The summed E-state index contributed by atoms with van der Waals surface area (Å²) in [7, 11) is 1.55. The van der Waals surface area contributed by atoms with Crippen molar-refractivity contribution < 1.29 is 9.13 Å². The Kier molecular flexibility index (Phi) is 3.81. The average Bonchev–Trinajstić information content (AvgIpc) is 1.90. The second kappa shape index (κ2) is 4.12. The first-order valence-electron chi connectivity index (χ1n) is 2.62. The lowest BCUT2D eigenvalue weighted by Gasteiger charge is -1.95. The highest BCUT2D eigenvalue weighted by Crippen LogP contribution is 2.08. The first-order valence-corrected chi connectivity index (χ1v) is 2.62. The molecule has 0 aromatic heterocycles. The largest absolute Gasteiger partial charge is 0.497 e. The van der Waals surface area contributed by atoms with Gasteiger partial charge in [-0.1, -0.05) is 0 Å². The number of hydrogen-bond acceptors (Lipinski definition) is 1. The topological polar surface area (TPSA) is 9.23 Å². The molecule has 0 unspecified atom stereocenters. The number of hydrogen-bond donors (Lipinski definition) is 0. The van der Waals surface area contributed by atoms with Crippen LogP contribution in [-0.4, -0.2) is 7.11 Å². The highest BCUT2D eigenvalue weighted by atomic mass is 35.5. The van der Waals surface area contributed by atoms with Crippen molar-refractivity contribution in [1.82, 2.24) is 0 Å². The fourth-order valence-electron chi connectivity index (χ4n) is 0.571. The van der Waals surface area contributed by atoms with Crippen LogP contribution in [0.5, 0.6) is 5.75 Å². The monoisotopic (exact) mass is 162 g/mol. The summed E-state index contributed by atoms with van der Waals surface area (Å²) < 4.78 is 17.0. The molecule has 0 bridgehead atoms. The summed E-state index contributed by atoms with van der Waals surface area (Å²) in [6.07, 6.45) is 0. The molecule has 0 aliphatic heterocycles. The maximum absolute atomic E-state index is 12.2. The van der Waals surface area contributed by atoms with E-state index in [1.165, 1.54) is 12.1 Å². The van der Waals surface area contributed by atoms with Crippen LogP contribution < -0.4 is 4.74 Å². The molecule has 0 N–H and O–H groups in total. The molecule has 0 fully saturated rings. The number of halogens is 2. The minimum absolute atomic E-state index is 0. The molecule has 1 aromatic carbocycles. The molecule has 0 spiro atoms. The lowest BCUT2D eigenvalue weighted by molar-refractivity contribution is 0.413. The standard InChI is InChI=1S/C7H7FO.ClH/c1-9-7-4-2-6(8)3-5-7;/h2-5H,1H3;1H. The molecule has 0 radical (unpaired) electrons. The fourth-order valence-corrected chi connectivity index (χ4v) is 0.571. The molecule has 0 atom stereocenters.